The predicted molar refractivity (Wildman–Crippen MR) is 199 cm³/mol. The zero-order valence-corrected chi connectivity index (χ0v) is 27.5. The average Bonchev–Trinajstić information content (AvgIpc) is 3.46. The number of thiophene rings is 1. The highest BCUT2D eigenvalue weighted by molar-refractivity contribution is 7.25. The van der Waals surface area contributed by atoms with Crippen LogP contribution in [0.3, 0.4) is 0 Å². The molecule has 0 bridgehead atoms. The minimum Gasteiger partial charge on any atom is -0.245 e. The standard InChI is InChI=1S/C42H33NSSi/c1-45(2,3)38-21-18-29(19-22-38)28-6-8-30(9-7-28)33-14-16-36-26-34(15-17-35(36)25-33)31-10-12-32(13-11-31)37-20-23-41-40(27-37)39-5-4-24-43-42(39)44-41/h4-27H,1-3H3. The van der Waals surface area contributed by atoms with Gasteiger partial charge < -0.3 is 0 Å². The second-order valence-corrected chi connectivity index (χ2v) is 19.0. The van der Waals surface area contributed by atoms with Crippen LogP contribution in [0.1, 0.15) is 0 Å². The van der Waals surface area contributed by atoms with E-state index in [0.29, 0.717) is 0 Å². The van der Waals surface area contributed by atoms with Gasteiger partial charge >= 0.3 is 0 Å². The van der Waals surface area contributed by atoms with Gasteiger partial charge in [0.25, 0.3) is 0 Å². The van der Waals surface area contributed by atoms with Crippen LogP contribution in [-0.4, -0.2) is 13.1 Å². The molecule has 0 saturated heterocycles. The van der Waals surface area contributed by atoms with Crippen LogP contribution >= 0.6 is 11.3 Å². The highest BCUT2D eigenvalue weighted by Gasteiger charge is 2.16. The van der Waals surface area contributed by atoms with E-state index in [9.17, 15) is 0 Å². The summed E-state index contributed by atoms with van der Waals surface area (Å²) in [5, 5.41) is 6.52. The Bertz CT molecular complexity index is 2320. The van der Waals surface area contributed by atoms with Crippen LogP contribution in [0, 0.1) is 0 Å². The number of hydrogen-bond acceptors (Lipinski definition) is 2. The Morgan fingerprint density at radius 3 is 1.42 bits per heavy atom. The van der Waals surface area contributed by atoms with Crippen molar-refractivity contribution in [2.75, 3.05) is 0 Å². The zero-order valence-electron chi connectivity index (χ0n) is 25.7. The molecule has 0 fully saturated rings. The van der Waals surface area contributed by atoms with Crippen molar-refractivity contribution in [1.29, 1.82) is 0 Å². The molecule has 45 heavy (non-hydrogen) atoms. The van der Waals surface area contributed by atoms with E-state index in [1.54, 1.807) is 11.3 Å². The van der Waals surface area contributed by atoms with Gasteiger partial charge in [-0.05, 0) is 91.7 Å². The molecule has 2 heterocycles. The van der Waals surface area contributed by atoms with Crippen molar-refractivity contribution in [3.63, 3.8) is 0 Å². The van der Waals surface area contributed by atoms with Gasteiger partial charge in [-0.3, -0.25) is 0 Å². The molecule has 0 aliphatic rings. The normalized spacial score (nSPS) is 11.9. The Labute approximate surface area is 269 Å². The fourth-order valence-corrected chi connectivity index (χ4v) is 8.46. The Kier molecular flexibility index (Phi) is 6.74. The van der Waals surface area contributed by atoms with Gasteiger partial charge in [-0.25, -0.2) is 4.98 Å². The molecule has 0 unspecified atom stereocenters. The summed E-state index contributed by atoms with van der Waals surface area (Å²) in [6, 6.07) is 51.6. The Morgan fingerprint density at radius 1 is 0.444 bits per heavy atom. The Balaban J connectivity index is 1.02. The first-order valence-corrected chi connectivity index (χ1v) is 19.8. The third kappa shape index (κ3) is 5.29. The van der Waals surface area contributed by atoms with Crippen molar-refractivity contribution in [1.82, 2.24) is 4.98 Å². The van der Waals surface area contributed by atoms with Crippen LogP contribution in [0.25, 0.3) is 75.6 Å². The maximum absolute atomic E-state index is 4.55. The second kappa shape index (κ2) is 11.0. The quantitative estimate of drug-likeness (QED) is 0.176. The monoisotopic (exact) mass is 611 g/mol. The molecule has 3 heteroatoms. The van der Waals surface area contributed by atoms with Gasteiger partial charge in [0.05, 0.1) is 8.07 Å². The number of fused-ring (bicyclic) bond motifs is 4. The second-order valence-electron chi connectivity index (χ2n) is 12.9. The lowest BCUT2D eigenvalue weighted by Crippen LogP contribution is -2.37. The van der Waals surface area contributed by atoms with E-state index >= 15 is 0 Å². The summed E-state index contributed by atoms with van der Waals surface area (Å²) in [5.41, 5.74) is 9.93. The van der Waals surface area contributed by atoms with E-state index < -0.39 is 8.07 Å². The third-order valence-electron chi connectivity index (χ3n) is 8.94. The summed E-state index contributed by atoms with van der Waals surface area (Å²) < 4.78 is 1.28. The molecule has 0 N–H and O–H groups in total. The van der Waals surface area contributed by atoms with Crippen molar-refractivity contribution in [2.24, 2.45) is 0 Å². The Morgan fingerprint density at radius 2 is 0.889 bits per heavy atom. The van der Waals surface area contributed by atoms with E-state index in [0.717, 1.165) is 4.83 Å². The molecule has 1 nitrogen and oxygen atoms in total. The van der Waals surface area contributed by atoms with Crippen LogP contribution in [-0.2, 0) is 0 Å². The van der Waals surface area contributed by atoms with E-state index in [2.05, 4.69) is 158 Å². The third-order valence-corrected chi connectivity index (χ3v) is 12.1. The molecule has 8 rings (SSSR count). The molecule has 0 saturated carbocycles. The van der Waals surface area contributed by atoms with E-state index in [-0.39, 0.29) is 0 Å². The average molecular weight is 612 g/mol. The van der Waals surface area contributed by atoms with E-state index in [1.807, 2.05) is 12.3 Å². The molecular weight excluding hydrogens is 579 g/mol. The van der Waals surface area contributed by atoms with Gasteiger partial charge in [-0.1, -0.05) is 128 Å². The van der Waals surface area contributed by atoms with Gasteiger partial charge in [0, 0.05) is 21.7 Å². The SMILES string of the molecule is C[Si](C)(C)c1ccc(-c2ccc(-c3ccc4cc(-c5ccc(-c6ccc7sc8ncccc8c7c6)cc5)ccc4c3)cc2)cc1. The first kappa shape index (κ1) is 27.7. The number of pyridine rings is 1. The van der Waals surface area contributed by atoms with Gasteiger partial charge in [0.2, 0.25) is 0 Å². The highest BCUT2D eigenvalue weighted by Crippen LogP contribution is 2.36. The van der Waals surface area contributed by atoms with Crippen molar-refractivity contribution in [3.8, 4) is 44.5 Å². The largest absolute Gasteiger partial charge is 0.245 e. The van der Waals surface area contributed by atoms with E-state index in [4.69, 9.17) is 0 Å². The van der Waals surface area contributed by atoms with E-state index in [1.165, 1.54) is 75.9 Å². The molecule has 0 atom stereocenters. The van der Waals surface area contributed by atoms with Crippen LogP contribution in [0.15, 0.2) is 146 Å². The number of hydrogen-bond donors (Lipinski definition) is 0. The van der Waals surface area contributed by atoms with Crippen LogP contribution in [0.4, 0.5) is 0 Å². The molecule has 0 radical (unpaired) electrons. The maximum atomic E-state index is 4.55. The molecular formula is C42H33NSSi. The molecule has 0 aliphatic heterocycles. The number of rotatable bonds is 5. The molecule has 0 amide bonds. The number of nitrogens with zero attached hydrogens (tertiary/aromatic N) is 1. The predicted octanol–water partition coefficient (Wildman–Crippen LogP) is 11.8. The summed E-state index contributed by atoms with van der Waals surface area (Å²) >= 11 is 1.76. The maximum Gasteiger partial charge on any atom is 0.124 e. The summed E-state index contributed by atoms with van der Waals surface area (Å²) in [6.45, 7) is 7.18. The summed E-state index contributed by atoms with van der Waals surface area (Å²) in [7, 11) is -1.29. The first-order chi connectivity index (χ1) is 21.9. The first-order valence-electron chi connectivity index (χ1n) is 15.5. The number of aromatic nitrogens is 1. The highest BCUT2D eigenvalue weighted by atomic mass is 32.1. The lowest BCUT2D eigenvalue weighted by atomic mass is 9.95. The minimum absolute atomic E-state index is 1.10. The molecule has 8 aromatic rings. The zero-order chi connectivity index (χ0) is 30.5. The fraction of sp³-hybridized carbons (Fsp3) is 0.0714. The fourth-order valence-electron chi connectivity index (χ4n) is 6.27. The summed E-state index contributed by atoms with van der Waals surface area (Å²) in [5.74, 6) is 0. The van der Waals surface area contributed by atoms with Crippen LogP contribution < -0.4 is 5.19 Å². The van der Waals surface area contributed by atoms with Crippen LogP contribution in [0.5, 0.6) is 0 Å². The molecule has 2 aromatic heterocycles. The number of benzene rings is 6. The Hall–Kier alpha value is -4.83. The van der Waals surface area contributed by atoms with Crippen molar-refractivity contribution >= 4 is 55.7 Å². The van der Waals surface area contributed by atoms with Crippen LogP contribution in [0.2, 0.25) is 19.6 Å². The topological polar surface area (TPSA) is 12.9 Å². The van der Waals surface area contributed by atoms with Gasteiger partial charge in [0.15, 0.2) is 0 Å². The van der Waals surface area contributed by atoms with Crippen molar-refractivity contribution in [2.45, 2.75) is 19.6 Å². The molecule has 0 aliphatic carbocycles. The molecule has 216 valence electrons. The lowest BCUT2D eigenvalue weighted by Gasteiger charge is -2.16. The summed E-state index contributed by atoms with van der Waals surface area (Å²) in [6.07, 6.45) is 1.87. The minimum atomic E-state index is -1.29. The van der Waals surface area contributed by atoms with Crippen molar-refractivity contribution < 1.29 is 0 Å². The summed E-state index contributed by atoms with van der Waals surface area (Å²) in [4.78, 5) is 5.65. The van der Waals surface area contributed by atoms with Gasteiger partial charge in [-0.15, -0.1) is 11.3 Å². The smallest absolute Gasteiger partial charge is 0.124 e. The molecule has 0 spiro atoms. The lowest BCUT2D eigenvalue weighted by molar-refractivity contribution is 1.45. The molecule has 6 aromatic carbocycles. The van der Waals surface area contributed by atoms with Crippen molar-refractivity contribution in [3.05, 3.63) is 146 Å². The van der Waals surface area contributed by atoms with Gasteiger partial charge in [0.1, 0.15) is 4.83 Å². The van der Waals surface area contributed by atoms with Gasteiger partial charge in [-0.2, -0.15) is 0 Å².